The normalized spacial score (nSPS) is 20.0. The molecule has 1 spiro atoms. The minimum atomic E-state index is -0.399. The molecule has 0 aliphatic carbocycles. The Hall–Kier alpha value is -2.62. The van der Waals surface area contributed by atoms with Crippen molar-refractivity contribution in [2.24, 2.45) is 0 Å². The number of methoxy groups -OCH3 is 1. The highest BCUT2D eigenvalue weighted by Gasteiger charge is 2.48. The summed E-state index contributed by atoms with van der Waals surface area (Å²) in [6.07, 6.45) is 4.62. The van der Waals surface area contributed by atoms with Gasteiger partial charge in [-0.25, -0.2) is 9.78 Å². The second-order valence-corrected chi connectivity index (χ2v) is 10.3. The smallest absolute Gasteiger partial charge is 0.318 e. The summed E-state index contributed by atoms with van der Waals surface area (Å²) in [6.45, 7) is 5.90. The van der Waals surface area contributed by atoms with Gasteiger partial charge in [0.15, 0.2) is 0 Å². The molecule has 1 atom stereocenters. The maximum Gasteiger partial charge on any atom is 0.318 e. The van der Waals surface area contributed by atoms with Gasteiger partial charge in [-0.1, -0.05) is 6.92 Å². The number of piperidine rings is 1. The van der Waals surface area contributed by atoms with Crippen LogP contribution in [-0.4, -0.2) is 70.8 Å². The molecule has 2 aliphatic rings. The summed E-state index contributed by atoms with van der Waals surface area (Å²) in [7, 11) is 1.67. The Balaban J connectivity index is 1.53. The van der Waals surface area contributed by atoms with Gasteiger partial charge in [0.05, 0.1) is 26.3 Å². The van der Waals surface area contributed by atoms with E-state index in [1.54, 1.807) is 18.4 Å². The third-order valence-corrected chi connectivity index (χ3v) is 8.13. The van der Waals surface area contributed by atoms with Crippen molar-refractivity contribution in [3.8, 4) is 5.75 Å². The number of rotatable bonds is 6. The molecule has 8 nitrogen and oxygen atoms in total. The van der Waals surface area contributed by atoms with Crippen LogP contribution in [0, 0.1) is 0 Å². The fourth-order valence-electron chi connectivity index (χ4n) is 5.62. The molecular weight excluding hydrogens is 450 g/mol. The molecular formula is C25H33N5O3S. The molecule has 1 saturated heterocycles. The number of aromatic nitrogens is 2. The highest BCUT2D eigenvalue weighted by Crippen LogP contribution is 2.49. The van der Waals surface area contributed by atoms with Crippen molar-refractivity contribution in [3.05, 3.63) is 46.0 Å². The number of nitrogens with one attached hydrogen (secondary N) is 2. The molecule has 2 amide bonds. The van der Waals surface area contributed by atoms with Crippen LogP contribution in [0.3, 0.4) is 0 Å². The first kappa shape index (κ1) is 23.1. The van der Waals surface area contributed by atoms with E-state index in [0.717, 1.165) is 66.3 Å². The third kappa shape index (κ3) is 4.06. The van der Waals surface area contributed by atoms with Crippen LogP contribution in [0.1, 0.15) is 48.5 Å². The van der Waals surface area contributed by atoms with Crippen LogP contribution < -0.4 is 10.1 Å². The third-order valence-electron chi connectivity index (χ3n) is 7.36. The molecule has 0 unspecified atom stereocenters. The number of carbonyl (C=O) groups excluding carboxylic acids is 1. The fraction of sp³-hybridized carbons (Fsp3) is 0.520. The SMILES string of the molecule is CCCNC(=O)N1CC2(CCN(Cc3nccs3)CC2)c2c([nH]c3cc(OC)ccc23)[C@H]1CO. The molecule has 182 valence electrons. The summed E-state index contributed by atoms with van der Waals surface area (Å²) >= 11 is 1.70. The van der Waals surface area contributed by atoms with E-state index in [1.807, 2.05) is 35.5 Å². The Labute approximate surface area is 203 Å². The second kappa shape index (κ2) is 9.56. The summed E-state index contributed by atoms with van der Waals surface area (Å²) in [5.74, 6) is 0.788. The highest BCUT2D eigenvalue weighted by atomic mass is 32.1. The number of aliphatic hydroxyl groups is 1. The predicted molar refractivity (Wildman–Crippen MR) is 133 cm³/mol. The molecule has 0 bridgehead atoms. The number of aliphatic hydroxyl groups excluding tert-OH is 1. The number of benzene rings is 1. The van der Waals surface area contributed by atoms with Crippen molar-refractivity contribution >= 4 is 28.3 Å². The van der Waals surface area contributed by atoms with E-state index in [2.05, 4.69) is 26.3 Å². The molecule has 4 heterocycles. The van der Waals surface area contributed by atoms with Crippen LogP contribution in [0.25, 0.3) is 10.9 Å². The Morgan fingerprint density at radius 1 is 1.38 bits per heavy atom. The molecule has 3 N–H and O–H groups in total. The number of carbonyl (C=O) groups is 1. The minimum absolute atomic E-state index is 0.104. The number of thiazole rings is 1. The van der Waals surface area contributed by atoms with Crippen molar-refractivity contribution < 1.29 is 14.6 Å². The molecule has 34 heavy (non-hydrogen) atoms. The number of ether oxygens (including phenoxy) is 1. The highest BCUT2D eigenvalue weighted by molar-refractivity contribution is 7.09. The van der Waals surface area contributed by atoms with Crippen LogP contribution in [0.15, 0.2) is 29.8 Å². The number of hydrogen-bond donors (Lipinski definition) is 3. The maximum absolute atomic E-state index is 13.2. The first-order chi connectivity index (χ1) is 16.6. The summed E-state index contributed by atoms with van der Waals surface area (Å²) in [6, 6.07) is 5.62. The lowest BCUT2D eigenvalue weighted by atomic mass is 9.68. The lowest BCUT2D eigenvalue weighted by Crippen LogP contribution is -2.57. The number of H-pyrrole nitrogens is 1. The van der Waals surface area contributed by atoms with Gasteiger partial charge < -0.3 is 25.0 Å². The lowest BCUT2D eigenvalue weighted by Gasteiger charge is -2.50. The van der Waals surface area contributed by atoms with Crippen molar-refractivity contribution in [3.63, 3.8) is 0 Å². The molecule has 2 aliphatic heterocycles. The first-order valence-electron chi connectivity index (χ1n) is 12.0. The van der Waals surface area contributed by atoms with Crippen LogP contribution in [0.5, 0.6) is 5.75 Å². The average molecular weight is 484 g/mol. The molecule has 2 aromatic heterocycles. The number of nitrogens with zero attached hydrogens (tertiary/aromatic N) is 3. The largest absolute Gasteiger partial charge is 0.497 e. The molecule has 9 heteroatoms. The zero-order chi connectivity index (χ0) is 23.7. The molecule has 5 rings (SSSR count). The van der Waals surface area contributed by atoms with E-state index in [4.69, 9.17) is 4.74 Å². The number of hydrogen-bond acceptors (Lipinski definition) is 6. The molecule has 0 saturated carbocycles. The summed E-state index contributed by atoms with van der Waals surface area (Å²) in [5.41, 5.74) is 3.04. The topological polar surface area (TPSA) is 93.7 Å². The van der Waals surface area contributed by atoms with Crippen molar-refractivity contribution in [2.75, 3.05) is 39.9 Å². The zero-order valence-corrected chi connectivity index (χ0v) is 20.7. The Morgan fingerprint density at radius 2 is 2.21 bits per heavy atom. The van der Waals surface area contributed by atoms with Crippen molar-refractivity contribution in [1.82, 2.24) is 25.1 Å². The van der Waals surface area contributed by atoms with E-state index in [-0.39, 0.29) is 18.1 Å². The van der Waals surface area contributed by atoms with Gasteiger partial charge >= 0.3 is 6.03 Å². The molecule has 1 aromatic carbocycles. The van der Waals surface area contributed by atoms with Gasteiger partial charge in [-0.05, 0) is 50.0 Å². The standard InChI is InChI=1S/C25H33N5O3S/c1-3-8-27-24(32)30-16-25(6-10-29(11-7-25)14-21-26-9-12-34-21)22-18-5-4-17(33-2)13-19(18)28-23(22)20(30)15-31/h4-5,9,12-13,20,28,31H,3,6-8,10-11,14-16H2,1-2H3,(H,27,32)/t20-/m1/s1. The number of fused-ring (bicyclic) bond motifs is 4. The predicted octanol–water partition coefficient (Wildman–Crippen LogP) is 3.64. The second-order valence-electron chi connectivity index (χ2n) is 9.37. The number of aromatic amines is 1. The quantitative estimate of drug-likeness (QED) is 0.498. The Kier molecular flexibility index (Phi) is 6.50. The van der Waals surface area contributed by atoms with Crippen LogP contribution >= 0.6 is 11.3 Å². The van der Waals surface area contributed by atoms with E-state index in [0.29, 0.717) is 13.1 Å². The Morgan fingerprint density at radius 3 is 2.88 bits per heavy atom. The van der Waals surface area contributed by atoms with Gasteiger partial charge in [-0.15, -0.1) is 11.3 Å². The van der Waals surface area contributed by atoms with Crippen LogP contribution in [-0.2, 0) is 12.0 Å². The molecule has 0 radical (unpaired) electrons. The number of urea groups is 1. The Bertz CT molecular complexity index is 1140. The van der Waals surface area contributed by atoms with Gasteiger partial charge in [0, 0.05) is 52.7 Å². The first-order valence-corrected chi connectivity index (χ1v) is 12.9. The number of amides is 2. The van der Waals surface area contributed by atoms with Crippen molar-refractivity contribution in [2.45, 2.75) is 44.2 Å². The van der Waals surface area contributed by atoms with E-state index in [1.165, 1.54) is 5.56 Å². The van der Waals surface area contributed by atoms with Crippen LogP contribution in [0.2, 0.25) is 0 Å². The fourth-order valence-corrected chi connectivity index (χ4v) is 6.28. The van der Waals surface area contributed by atoms with Gasteiger partial charge in [0.1, 0.15) is 10.8 Å². The summed E-state index contributed by atoms with van der Waals surface area (Å²) < 4.78 is 5.46. The zero-order valence-electron chi connectivity index (χ0n) is 19.8. The van der Waals surface area contributed by atoms with E-state index >= 15 is 0 Å². The van der Waals surface area contributed by atoms with Gasteiger partial charge in [-0.2, -0.15) is 0 Å². The molecule has 1 fully saturated rings. The summed E-state index contributed by atoms with van der Waals surface area (Å²) in [4.78, 5) is 25.5. The number of likely N-dealkylation sites (tertiary alicyclic amines) is 1. The van der Waals surface area contributed by atoms with Gasteiger partial charge in [0.2, 0.25) is 0 Å². The van der Waals surface area contributed by atoms with Gasteiger partial charge in [0.25, 0.3) is 0 Å². The minimum Gasteiger partial charge on any atom is -0.497 e. The monoisotopic (exact) mass is 483 g/mol. The average Bonchev–Trinajstić information content (AvgIpc) is 3.51. The van der Waals surface area contributed by atoms with E-state index < -0.39 is 6.04 Å². The maximum atomic E-state index is 13.2. The molecule has 3 aromatic rings. The van der Waals surface area contributed by atoms with Crippen molar-refractivity contribution in [1.29, 1.82) is 0 Å². The summed E-state index contributed by atoms with van der Waals surface area (Å²) in [5, 5.41) is 17.8. The van der Waals surface area contributed by atoms with E-state index in [9.17, 15) is 9.90 Å². The lowest BCUT2D eigenvalue weighted by molar-refractivity contribution is 0.0663. The van der Waals surface area contributed by atoms with Gasteiger partial charge in [-0.3, -0.25) is 4.90 Å². The van der Waals surface area contributed by atoms with Crippen LogP contribution in [0.4, 0.5) is 4.79 Å².